The number of pyridine rings is 1. The molecule has 5 atom stereocenters. The van der Waals surface area contributed by atoms with E-state index in [0.717, 1.165) is 36.2 Å². The molecule has 2 unspecified atom stereocenters. The van der Waals surface area contributed by atoms with E-state index in [1.54, 1.807) is 24.5 Å². The van der Waals surface area contributed by atoms with Crippen molar-refractivity contribution >= 4 is 11.6 Å². The summed E-state index contributed by atoms with van der Waals surface area (Å²) in [6.45, 7) is 9.27. The van der Waals surface area contributed by atoms with Crippen LogP contribution in [0.15, 0.2) is 73.1 Å². The van der Waals surface area contributed by atoms with Crippen molar-refractivity contribution in [2.75, 3.05) is 18.4 Å². The summed E-state index contributed by atoms with van der Waals surface area (Å²) in [4.78, 5) is 19.5. The van der Waals surface area contributed by atoms with Crippen molar-refractivity contribution < 1.29 is 19.4 Å². The maximum atomic E-state index is 12.8. The molecule has 7 heteroatoms. The van der Waals surface area contributed by atoms with E-state index in [1.807, 2.05) is 48.5 Å². The third-order valence-corrected chi connectivity index (χ3v) is 8.92. The molecule has 1 saturated carbocycles. The highest BCUT2D eigenvalue weighted by Crippen LogP contribution is 2.53. The Morgan fingerprint density at radius 2 is 1.88 bits per heavy atom. The van der Waals surface area contributed by atoms with Crippen LogP contribution in [0.25, 0.3) is 0 Å². The maximum Gasteiger partial charge on any atom is 0.257 e. The molecule has 1 amide bonds. The number of fused-ring (bicyclic) bond motifs is 2. The highest BCUT2D eigenvalue weighted by atomic mass is 16.7. The number of amides is 1. The first-order chi connectivity index (χ1) is 19.7. The standard InChI is InChI=1S/C34H41N3O4/c1-33(2)16-28-17-34(3,21-33)22-37(28)19-29-15-30(24-11-9-23(20-38)10-12-24)41-32(40-29)25-6-4-8-27(14-25)36-31(39)26-7-5-13-35-18-26/h4-14,18,28-30,32,38H,15-17,19-22H2,1-3H3,(H,36,39)/t28?,29-,30+,32+,34?/m0/s1. The van der Waals surface area contributed by atoms with Crippen LogP contribution in [0.1, 0.15) is 85.9 Å². The van der Waals surface area contributed by atoms with Gasteiger partial charge in [-0.1, -0.05) is 57.2 Å². The molecule has 3 heterocycles. The van der Waals surface area contributed by atoms with Gasteiger partial charge in [-0.3, -0.25) is 14.7 Å². The third-order valence-electron chi connectivity index (χ3n) is 8.92. The van der Waals surface area contributed by atoms with Crippen molar-refractivity contribution in [1.29, 1.82) is 0 Å². The van der Waals surface area contributed by atoms with E-state index >= 15 is 0 Å². The zero-order valence-corrected chi connectivity index (χ0v) is 24.3. The lowest BCUT2D eigenvalue weighted by molar-refractivity contribution is -0.253. The Morgan fingerprint density at radius 3 is 2.63 bits per heavy atom. The minimum atomic E-state index is -0.569. The van der Waals surface area contributed by atoms with E-state index in [9.17, 15) is 9.90 Å². The second-order valence-electron chi connectivity index (χ2n) is 13.3. The average Bonchev–Trinajstić information content (AvgIpc) is 3.20. The Hall–Kier alpha value is -3.10. The number of carbonyl (C=O) groups is 1. The molecule has 216 valence electrons. The number of nitrogens with one attached hydrogen (secondary N) is 1. The first-order valence-corrected chi connectivity index (χ1v) is 14.7. The Bertz CT molecular complexity index is 1360. The van der Waals surface area contributed by atoms with Gasteiger partial charge in [0.05, 0.1) is 24.4 Å². The summed E-state index contributed by atoms with van der Waals surface area (Å²) in [6.07, 6.45) is 6.99. The summed E-state index contributed by atoms with van der Waals surface area (Å²) in [6, 6.07) is 19.8. The molecule has 41 heavy (non-hydrogen) atoms. The molecule has 1 aliphatic carbocycles. The minimum Gasteiger partial charge on any atom is -0.392 e. The highest BCUT2D eigenvalue weighted by molar-refractivity contribution is 6.04. The van der Waals surface area contributed by atoms with Gasteiger partial charge in [-0.05, 0) is 65.5 Å². The van der Waals surface area contributed by atoms with E-state index in [2.05, 4.69) is 36.0 Å². The van der Waals surface area contributed by atoms with Gasteiger partial charge in [-0.25, -0.2) is 0 Å². The van der Waals surface area contributed by atoms with Gasteiger partial charge in [0.1, 0.15) is 0 Å². The van der Waals surface area contributed by atoms with Crippen molar-refractivity contribution in [3.63, 3.8) is 0 Å². The van der Waals surface area contributed by atoms with Gasteiger partial charge in [-0.2, -0.15) is 0 Å². The SMILES string of the molecule is CC1(C)CC2CC(C)(CN2C[C@@H]2C[C@H](c3ccc(CO)cc3)O[C@H](c3cccc(NC(=O)c4cccnc4)c3)O2)C1. The van der Waals surface area contributed by atoms with Gasteiger partial charge in [0.15, 0.2) is 6.29 Å². The van der Waals surface area contributed by atoms with Crippen LogP contribution in [0, 0.1) is 10.8 Å². The maximum absolute atomic E-state index is 12.8. The van der Waals surface area contributed by atoms with Crippen LogP contribution in [0.2, 0.25) is 0 Å². The molecule has 3 aliphatic rings. The summed E-state index contributed by atoms with van der Waals surface area (Å²) in [5.74, 6) is -0.211. The summed E-state index contributed by atoms with van der Waals surface area (Å²) in [5, 5.41) is 12.5. The van der Waals surface area contributed by atoms with Crippen molar-refractivity contribution in [2.45, 2.75) is 77.6 Å². The summed E-state index contributed by atoms with van der Waals surface area (Å²) in [7, 11) is 0. The van der Waals surface area contributed by atoms with Gasteiger partial charge in [0, 0.05) is 49.2 Å². The summed E-state index contributed by atoms with van der Waals surface area (Å²) >= 11 is 0. The Balaban J connectivity index is 1.23. The number of ether oxygens (including phenoxy) is 2. The molecule has 7 nitrogen and oxygen atoms in total. The molecular formula is C34H41N3O4. The van der Waals surface area contributed by atoms with Gasteiger partial charge in [-0.15, -0.1) is 0 Å². The molecule has 2 bridgehead atoms. The molecule has 6 rings (SSSR count). The zero-order valence-electron chi connectivity index (χ0n) is 24.3. The number of carbonyl (C=O) groups excluding carboxylic acids is 1. The van der Waals surface area contributed by atoms with Crippen LogP contribution in [0.5, 0.6) is 0 Å². The van der Waals surface area contributed by atoms with E-state index < -0.39 is 6.29 Å². The largest absolute Gasteiger partial charge is 0.392 e. The lowest BCUT2D eigenvalue weighted by Crippen LogP contribution is -2.42. The van der Waals surface area contributed by atoms with Crippen LogP contribution in [0.4, 0.5) is 5.69 Å². The predicted octanol–water partition coefficient (Wildman–Crippen LogP) is 6.27. The molecule has 2 aliphatic heterocycles. The molecule has 3 aromatic rings. The molecule has 0 spiro atoms. The Labute approximate surface area is 242 Å². The number of likely N-dealkylation sites (tertiary alicyclic amines) is 1. The lowest BCUT2D eigenvalue weighted by atomic mass is 9.65. The topological polar surface area (TPSA) is 83.9 Å². The lowest BCUT2D eigenvalue weighted by Gasteiger charge is -2.41. The predicted molar refractivity (Wildman–Crippen MR) is 158 cm³/mol. The van der Waals surface area contributed by atoms with Gasteiger partial charge in [0.2, 0.25) is 0 Å². The third kappa shape index (κ3) is 6.38. The van der Waals surface area contributed by atoms with Crippen molar-refractivity contribution in [3.8, 4) is 0 Å². The Morgan fingerprint density at radius 1 is 1.05 bits per heavy atom. The van der Waals surface area contributed by atoms with Crippen molar-refractivity contribution in [3.05, 3.63) is 95.3 Å². The van der Waals surface area contributed by atoms with Gasteiger partial charge in [0.25, 0.3) is 5.91 Å². The highest BCUT2D eigenvalue weighted by Gasteiger charge is 2.50. The number of aromatic nitrogens is 1. The molecule has 0 radical (unpaired) electrons. The number of benzene rings is 2. The van der Waals surface area contributed by atoms with E-state index in [-0.39, 0.29) is 24.7 Å². The summed E-state index contributed by atoms with van der Waals surface area (Å²) < 4.78 is 13.3. The normalized spacial score (nSPS) is 29.3. The number of hydrogen-bond acceptors (Lipinski definition) is 6. The first kappa shape index (κ1) is 28.0. The quantitative estimate of drug-likeness (QED) is 0.357. The number of aliphatic hydroxyl groups excluding tert-OH is 1. The van der Waals surface area contributed by atoms with E-state index in [0.29, 0.717) is 28.1 Å². The van der Waals surface area contributed by atoms with Crippen LogP contribution in [0.3, 0.4) is 0 Å². The number of hydrogen-bond donors (Lipinski definition) is 2. The molecule has 2 N–H and O–H groups in total. The molecule has 1 aromatic heterocycles. The van der Waals surface area contributed by atoms with Crippen LogP contribution < -0.4 is 5.32 Å². The molecule has 3 fully saturated rings. The molecular weight excluding hydrogens is 514 g/mol. The number of aliphatic hydroxyl groups is 1. The first-order valence-electron chi connectivity index (χ1n) is 14.7. The van der Waals surface area contributed by atoms with Crippen LogP contribution in [-0.2, 0) is 16.1 Å². The van der Waals surface area contributed by atoms with E-state index in [4.69, 9.17) is 9.47 Å². The second kappa shape index (κ2) is 11.3. The van der Waals surface area contributed by atoms with E-state index in [1.165, 1.54) is 19.3 Å². The van der Waals surface area contributed by atoms with Crippen LogP contribution in [-0.4, -0.2) is 46.1 Å². The van der Waals surface area contributed by atoms with Crippen LogP contribution >= 0.6 is 0 Å². The minimum absolute atomic E-state index is 0.00373. The fraction of sp³-hybridized carbons (Fsp3) is 0.471. The monoisotopic (exact) mass is 555 g/mol. The van der Waals surface area contributed by atoms with Crippen molar-refractivity contribution in [2.24, 2.45) is 10.8 Å². The Kier molecular flexibility index (Phi) is 7.72. The summed E-state index contributed by atoms with van der Waals surface area (Å²) in [5.41, 5.74) is 4.73. The van der Waals surface area contributed by atoms with Crippen molar-refractivity contribution in [1.82, 2.24) is 9.88 Å². The number of nitrogens with zero attached hydrogens (tertiary/aromatic N) is 2. The smallest absolute Gasteiger partial charge is 0.257 e. The fourth-order valence-corrected chi connectivity index (χ4v) is 7.55. The zero-order chi connectivity index (χ0) is 28.6. The number of rotatable bonds is 7. The fourth-order valence-electron chi connectivity index (χ4n) is 7.55. The molecule has 2 saturated heterocycles. The second-order valence-corrected chi connectivity index (χ2v) is 13.3. The number of anilines is 1. The van der Waals surface area contributed by atoms with Gasteiger partial charge >= 0.3 is 0 Å². The average molecular weight is 556 g/mol. The molecule has 2 aromatic carbocycles. The van der Waals surface area contributed by atoms with Gasteiger partial charge < -0.3 is 19.9 Å².